The smallest absolute Gasteiger partial charge is 0.264 e. The summed E-state index contributed by atoms with van der Waals surface area (Å²) >= 11 is 12.6. The average molecular weight is 593 g/mol. The summed E-state index contributed by atoms with van der Waals surface area (Å²) < 4.78 is 28.2. The maximum Gasteiger partial charge on any atom is 0.264 e. The van der Waals surface area contributed by atoms with Gasteiger partial charge in [0.15, 0.2) is 0 Å². The molecule has 8 nitrogen and oxygen atoms in total. The van der Waals surface area contributed by atoms with Crippen LogP contribution in [0.3, 0.4) is 0 Å². The van der Waals surface area contributed by atoms with Crippen molar-refractivity contribution >= 4 is 61.7 Å². The largest absolute Gasteiger partial charge is 0.322 e. The third-order valence-corrected chi connectivity index (χ3v) is 8.07. The number of fused-ring (bicyclic) bond motifs is 1. The van der Waals surface area contributed by atoms with Crippen LogP contribution in [0, 0.1) is 20.8 Å². The normalized spacial score (nSPS) is 11.4. The number of benzene rings is 3. The van der Waals surface area contributed by atoms with Crippen LogP contribution in [0.1, 0.15) is 27.3 Å². The summed E-state index contributed by atoms with van der Waals surface area (Å²) in [5, 5.41) is 4.46. The summed E-state index contributed by atoms with van der Waals surface area (Å²) in [6, 6.07) is 20.0. The number of aromatic nitrogens is 3. The average Bonchev–Trinajstić information content (AvgIpc) is 2.88. The van der Waals surface area contributed by atoms with Gasteiger partial charge in [-0.2, -0.15) is 0 Å². The van der Waals surface area contributed by atoms with E-state index in [0.29, 0.717) is 60.4 Å². The van der Waals surface area contributed by atoms with Crippen LogP contribution in [0.4, 0.5) is 11.6 Å². The molecule has 0 unspecified atom stereocenters. The number of sulfonamides is 1. The lowest BCUT2D eigenvalue weighted by Crippen LogP contribution is -2.17. The standard InChI is InChI=1S/C29H23Cl2N5O3S/c1-16-14-17(2)33-29(32-16)36-40(38,39)21-11-9-20(10-12-21)34-28(37)26-18(3)27(22-13-8-19(30)15-24(22)31)35-25-7-5-4-6-23(25)26/h4-15H,1-3H3,(H,34,37)(H,32,33,36). The quantitative estimate of drug-likeness (QED) is 0.220. The Bertz CT molecular complexity index is 1870. The molecule has 0 fully saturated rings. The Balaban J connectivity index is 1.46. The molecule has 0 saturated heterocycles. The van der Waals surface area contributed by atoms with Gasteiger partial charge in [-0.3, -0.25) is 4.79 Å². The summed E-state index contributed by atoms with van der Waals surface area (Å²) in [5.74, 6) is -0.383. The van der Waals surface area contributed by atoms with Gasteiger partial charge in [-0.25, -0.2) is 28.1 Å². The van der Waals surface area contributed by atoms with Crippen molar-refractivity contribution in [1.29, 1.82) is 0 Å². The fraction of sp³-hybridized carbons (Fsp3) is 0.103. The van der Waals surface area contributed by atoms with E-state index in [0.717, 1.165) is 0 Å². The maximum atomic E-state index is 13.6. The molecule has 0 bridgehead atoms. The van der Waals surface area contributed by atoms with Gasteiger partial charge in [0, 0.05) is 33.0 Å². The molecule has 5 rings (SSSR count). The molecule has 2 heterocycles. The van der Waals surface area contributed by atoms with E-state index in [1.165, 1.54) is 24.3 Å². The molecule has 40 heavy (non-hydrogen) atoms. The third kappa shape index (κ3) is 5.62. The highest BCUT2D eigenvalue weighted by atomic mass is 35.5. The van der Waals surface area contributed by atoms with Crippen LogP contribution in [0.25, 0.3) is 22.2 Å². The van der Waals surface area contributed by atoms with Gasteiger partial charge >= 0.3 is 0 Å². The van der Waals surface area contributed by atoms with Gasteiger partial charge in [0.2, 0.25) is 5.95 Å². The Kier molecular flexibility index (Phi) is 7.46. The topological polar surface area (TPSA) is 114 Å². The van der Waals surface area contributed by atoms with E-state index in [-0.39, 0.29) is 16.8 Å². The summed E-state index contributed by atoms with van der Waals surface area (Å²) in [6.45, 7) is 5.32. The third-order valence-electron chi connectivity index (χ3n) is 6.18. The number of anilines is 2. The summed E-state index contributed by atoms with van der Waals surface area (Å²) in [4.78, 5) is 26.7. The van der Waals surface area contributed by atoms with Crippen molar-refractivity contribution in [3.63, 3.8) is 0 Å². The number of hydrogen-bond donors (Lipinski definition) is 2. The second kappa shape index (κ2) is 10.8. The van der Waals surface area contributed by atoms with Crippen molar-refractivity contribution in [2.24, 2.45) is 0 Å². The number of nitrogens with one attached hydrogen (secondary N) is 2. The number of rotatable bonds is 6. The molecular weight excluding hydrogens is 569 g/mol. The van der Waals surface area contributed by atoms with Crippen LogP contribution >= 0.6 is 23.2 Å². The van der Waals surface area contributed by atoms with Gasteiger partial charge < -0.3 is 5.32 Å². The zero-order chi connectivity index (χ0) is 28.6. The fourth-order valence-electron chi connectivity index (χ4n) is 4.41. The minimum Gasteiger partial charge on any atom is -0.322 e. The monoisotopic (exact) mass is 591 g/mol. The van der Waals surface area contributed by atoms with E-state index in [4.69, 9.17) is 28.2 Å². The Morgan fingerprint density at radius 1 is 0.825 bits per heavy atom. The van der Waals surface area contributed by atoms with Crippen LogP contribution in [0.5, 0.6) is 0 Å². The lowest BCUT2D eigenvalue weighted by atomic mass is 9.97. The molecule has 0 spiro atoms. The number of carbonyl (C=O) groups is 1. The number of nitrogens with zero attached hydrogens (tertiary/aromatic N) is 3. The van der Waals surface area contributed by atoms with Gasteiger partial charge in [0.25, 0.3) is 15.9 Å². The number of para-hydroxylation sites is 1. The molecule has 0 aliphatic carbocycles. The van der Waals surface area contributed by atoms with Crippen LogP contribution < -0.4 is 10.0 Å². The first-order valence-electron chi connectivity index (χ1n) is 12.1. The Morgan fingerprint density at radius 2 is 1.50 bits per heavy atom. The fourth-order valence-corrected chi connectivity index (χ4v) is 5.85. The molecule has 0 saturated carbocycles. The molecule has 0 aliphatic heterocycles. The molecule has 3 aromatic carbocycles. The number of pyridine rings is 1. The zero-order valence-electron chi connectivity index (χ0n) is 21.7. The first kappa shape index (κ1) is 27.5. The van der Waals surface area contributed by atoms with Crippen molar-refractivity contribution in [2.45, 2.75) is 25.7 Å². The molecule has 0 radical (unpaired) electrons. The summed E-state index contributed by atoms with van der Waals surface area (Å²) in [7, 11) is -3.94. The number of carbonyl (C=O) groups excluding carboxylic acids is 1. The van der Waals surface area contributed by atoms with Crippen molar-refractivity contribution in [3.05, 3.63) is 105 Å². The molecule has 202 valence electrons. The molecular formula is C29H23Cl2N5O3S. The lowest BCUT2D eigenvalue weighted by molar-refractivity contribution is 0.102. The number of aryl methyl sites for hydroxylation is 2. The highest BCUT2D eigenvalue weighted by molar-refractivity contribution is 7.92. The van der Waals surface area contributed by atoms with Gasteiger partial charge in [-0.05, 0) is 80.9 Å². The van der Waals surface area contributed by atoms with Crippen LogP contribution in [-0.4, -0.2) is 29.3 Å². The SMILES string of the molecule is Cc1cc(C)nc(NS(=O)(=O)c2ccc(NC(=O)c3c(C)c(-c4ccc(Cl)cc4Cl)nc4ccccc34)cc2)n1. The van der Waals surface area contributed by atoms with Gasteiger partial charge in [0.05, 0.1) is 26.7 Å². The van der Waals surface area contributed by atoms with Crippen molar-refractivity contribution < 1.29 is 13.2 Å². The van der Waals surface area contributed by atoms with E-state index in [1.54, 1.807) is 38.1 Å². The van der Waals surface area contributed by atoms with Crippen LogP contribution in [0.15, 0.2) is 77.7 Å². The van der Waals surface area contributed by atoms with E-state index in [1.807, 2.05) is 31.2 Å². The number of amides is 1. The first-order chi connectivity index (χ1) is 19.0. The van der Waals surface area contributed by atoms with Crippen molar-refractivity contribution in [2.75, 3.05) is 10.0 Å². The number of halogens is 2. The first-order valence-corrected chi connectivity index (χ1v) is 14.4. The maximum absolute atomic E-state index is 13.6. The molecule has 0 aliphatic rings. The lowest BCUT2D eigenvalue weighted by Gasteiger charge is -2.16. The summed E-state index contributed by atoms with van der Waals surface area (Å²) in [6.07, 6.45) is 0. The van der Waals surface area contributed by atoms with E-state index < -0.39 is 10.0 Å². The Labute approximate surface area is 241 Å². The van der Waals surface area contributed by atoms with Gasteiger partial charge in [0.1, 0.15) is 0 Å². The predicted octanol–water partition coefficient (Wildman–Crippen LogP) is 6.98. The molecule has 5 aromatic rings. The second-order valence-corrected chi connectivity index (χ2v) is 11.7. The highest BCUT2D eigenvalue weighted by Gasteiger charge is 2.21. The minimum absolute atomic E-state index is 0.00142. The summed E-state index contributed by atoms with van der Waals surface area (Å²) in [5.41, 5.74) is 4.60. The zero-order valence-corrected chi connectivity index (χ0v) is 24.0. The van der Waals surface area contributed by atoms with Crippen molar-refractivity contribution in [1.82, 2.24) is 15.0 Å². The van der Waals surface area contributed by atoms with E-state index in [2.05, 4.69) is 20.0 Å². The number of hydrogen-bond acceptors (Lipinski definition) is 6. The Morgan fingerprint density at radius 3 is 2.17 bits per heavy atom. The van der Waals surface area contributed by atoms with Gasteiger partial charge in [-0.15, -0.1) is 0 Å². The van der Waals surface area contributed by atoms with E-state index >= 15 is 0 Å². The van der Waals surface area contributed by atoms with E-state index in [9.17, 15) is 13.2 Å². The molecule has 0 atom stereocenters. The van der Waals surface area contributed by atoms with Gasteiger partial charge in [-0.1, -0.05) is 41.4 Å². The van der Waals surface area contributed by atoms with Crippen LogP contribution in [-0.2, 0) is 10.0 Å². The second-order valence-electron chi connectivity index (χ2n) is 9.16. The molecule has 2 aromatic heterocycles. The Hall–Kier alpha value is -4.05. The molecule has 2 N–H and O–H groups in total. The predicted molar refractivity (Wildman–Crippen MR) is 159 cm³/mol. The molecule has 1 amide bonds. The highest BCUT2D eigenvalue weighted by Crippen LogP contribution is 2.35. The van der Waals surface area contributed by atoms with Crippen molar-refractivity contribution in [3.8, 4) is 11.3 Å². The van der Waals surface area contributed by atoms with Crippen LogP contribution in [0.2, 0.25) is 10.0 Å². The molecule has 11 heteroatoms. The minimum atomic E-state index is -3.94.